The molecular weight excluding hydrogens is 240 g/mol. The lowest BCUT2D eigenvalue weighted by molar-refractivity contribution is 0.177. The smallest absolute Gasteiger partial charge is 0.247 e. The number of halogens is 2. The maximum atomic E-state index is 12.2. The van der Waals surface area contributed by atoms with Gasteiger partial charge >= 0.3 is 0 Å². The van der Waals surface area contributed by atoms with Gasteiger partial charge in [-0.3, -0.25) is 0 Å². The van der Waals surface area contributed by atoms with E-state index in [-0.39, 0.29) is 11.3 Å². The highest BCUT2D eigenvalue weighted by Crippen LogP contribution is 2.37. The van der Waals surface area contributed by atoms with E-state index in [4.69, 9.17) is 5.73 Å². The van der Waals surface area contributed by atoms with Gasteiger partial charge in [-0.15, -0.1) is 11.8 Å². The molecule has 1 aromatic rings. The van der Waals surface area contributed by atoms with Crippen molar-refractivity contribution in [3.05, 3.63) is 29.8 Å². The average molecular weight is 257 g/mol. The Hall–Kier alpha value is -0.610. The van der Waals surface area contributed by atoms with Crippen molar-refractivity contribution < 1.29 is 8.78 Å². The maximum Gasteiger partial charge on any atom is 0.247 e. The van der Waals surface area contributed by atoms with Gasteiger partial charge in [0.1, 0.15) is 0 Å². The van der Waals surface area contributed by atoms with Crippen LogP contribution in [0.2, 0.25) is 0 Å². The van der Waals surface area contributed by atoms with Crippen LogP contribution in [0.15, 0.2) is 29.2 Å². The molecule has 0 bridgehead atoms. The van der Waals surface area contributed by atoms with Gasteiger partial charge in [-0.2, -0.15) is 0 Å². The van der Waals surface area contributed by atoms with Gasteiger partial charge < -0.3 is 5.73 Å². The average Bonchev–Trinajstić information content (AvgIpc) is 3.03. The molecule has 4 heteroatoms. The Balaban J connectivity index is 1.94. The van der Waals surface area contributed by atoms with Crippen LogP contribution < -0.4 is 5.73 Å². The van der Waals surface area contributed by atoms with E-state index in [1.165, 1.54) is 11.8 Å². The molecular formula is C13H17F2NS. The third-order valence-electron chi connectivity index (χ3n) is 3.12. The molecule has 0 spiro atoms. The SMILES string of the molecule is NC1(CCc2ccccc2SCC(F)F)CC1. The molecule has 0 aliphatic heterocycles. The molecule has 17 heavy (non-hydrogen) atoms. The van der Waals surface area contributed by atoms with Crippen molar-refractivity contribution in [2.24, 2.45) is 5.73 Å². The minimum Gasteiger partial charge on any atom is -0.325 e. The number of hydrogen-bond donors (Lipinski definition) is 1. The van der Waals surface area contributed by atoms with E-state index < -0.39 is 6.43 Å². The molecule has 0 unspecified atom stereocenters. The lowest BCUT2D eigenvalue weighted by Crippen LogP contribution is -2.22. The second-order valence-electron chi connectivity index (χ2n) is 4.67. The quantitative estimate of drug-likeness (QED) is 0.790. The molecule has 1 aliphatic carbocycles. The fraction of sp³-hybridized carbons (Fsp3) is 0.538. The van der Waals surface area contributed by atoms with Gasteiger partial charge in [0.05, 0.1) is 5.75 Å². The normalized spacial score (nSPS) is 17.4. The summed E-state index contributed by atoms with van der Waals surface area (Å²) in [5.74, 6) is -0.134. The number of nitrogens with two attached hydrogens (primary N) is 1. The van der Waals surface area contributed by atoms with Gasteiger partial charge in [0.25, 0.3) is 0 Å². The molecule has 0 amide bonds. The predicted octanol–water partition coefficient (Wildman–Crippen LogP) is 3.47. The van der Waals surface area contributed by atoms with Crippen LogP contribution in [0.4, 0.5) is 8.78 Å². The molecule has 1 aromatic carbocycles. The van der Waals surface area contributed by atoms with Gasteiger partial charge in [0, 0.05) is 10.4 Å². The highest BCUT2D eigenvalue weighted by atomic mass is 32.2. The van der Waals surface area contributed by atoms with Gasteiger partial charge in [-0.1, -0.05) is 18.2 Å². The maximum absolute atomic E-state index is 12.2. The van der Waals surface area contributed by atoms with E-state index in [2.05, 4.69) is 0 Å². The first-order valence-corrected chi connectivity index (χ1v) is 6.85. The largest absolute Gasteiger partial charge is 0.325 e. The molecule has 1 fully saturated rings. The van der Waals surface area contributed by atoms with E-state index in [9.17, 15) is 8.78 Å². The first-order chi connectivity index (χ1) is 8.09. The molecule has 2 rings (SSSR count). The summed E-state index contributed by atoms with van der Waals surface area (Å²) < 4.78 is 24.4. The van der Waals surface area contributed by atoms with Crippen LogP contribution in [0.5, 0.6) is 0 Å². The van der Waals surface area contributed by atoms with Crippen molar-refractivity contribution in [3.63, 3.8) is 0 Å². The molecule has 0 aromatic heterocycles. The van der Waals surface area contributed by atoms with E-state index in [0.29, 0.717) is 0 Å². The summed E-state index contributed by atoms with van der Waals surface area (Å²) in [6.07, 6.45) is 1.79. The third kappa shape index (κ3) is 3.96. The molecule has 0 saturated heterocycles. The first-order valence-electron chi connectivity index (χ1n) is 5.87. The van der Waals surface area contributed by atoms with Crippen LogP contribution in [-0.2, 0) is 6.42 Å². The molecule has 94 valence electrons. The first kappa shape index (κ1) is 12.8. The van der Waals surface area contributed by atoms with Crippen LogP contribution in [0.3, 0.4) is 0 Å². The van der Waals surface area contributed by atoms with Crippen molar-refractivity contribution >= 4 is 11.8 Å². The van der Waals surface area contributed by atoms with Crippen molar-refractivity contribution in [1.82, 2.24) is 0 Å². The zero-order chi connectivity index (χ0) is 12.3. The molecule has 2 N–H and O–H groups in total. The van der Waals surface area contributed by atoms with Crippen LogP contribution in [-0.4, -0.2) is 17.7 Å². The zero-order valence-electron chi connectivity index (χ0n) is 9.66. The predicted molar refractivity (Wildman–Crippen MR) is 67.6 cm³/mol. The fourth-order valence-corrected chi connectivity index (χ4v) is 2.63. The summed E-state index contributed by atoms with van der Waals surface area (Å²) in [7, 11) is 0. The lowest BCUT2D eigenvalue weighted by Gasteiger charge is -2.11. The summed E-state index contributed by atoms with van der Waals surface area (Å²) in [6.45, 7) is 0. The summed E-state index contributed by atoms with van der Waals surface area (Å²) >= 11 is 1.24. The van der Waals surface area contributed by atoms with E-state index >= 15 is 0 Å². The van der Waals surface area contributed by atoms with Gasteiger partial charge in [-0.25, -0.2) is 8.78 Å². The Morgan fingerprint density at radius 1 is 1.29 bits per heavy atom. The Kier molecular flexibility index (Phi) is 4.05. The van der Waals surface area contributed by atoms with Crippen molar-refractivity contribution in [2.45, 2.75) is 42.5 Å². The summed E-state index contributed by atoms with van der Waals surface area (Å²) in [5, 5.41) is 0. The van der Waals surface area contributed by atoms with E-state index in [1.807, 2.05) is 24.3 Å². The number of alkyl halides is 2. The van der Waals surface area contributed by atoms with Crippen molar-refractivity contribution in [2.75, 3.05) is 5.75 Å². The fourth-order valence-electron chi connectivity index (χ4n) is 1.80. The topological polar surface area (TPSA) is 26.0 Å². The second-order valence-corrected chi connectivity index (χ2v) is 5.73. The standard InChI is InChI=1S/C13H17F2NS/c14-12(15)9-17-11-4-2-1-3-10(11)5-6-13(16)7-8-13/h1-4,12H,5-9,16H2. The molecule has 1 aliphatic rings. The van der Waals surface area contributed by atoms with Crippen LogP contribution >= 0.6 is 11.8 Å². The Morgan fingerprint density at radius 3 is 2.65 bits per heavy atom. The molecule has 1 nitrogen and oxygen atoms in total. The van der Waals surface area contributed by atoms with E-state index in [1.54, 1.807) is 0 Å². The third-order valence-corrected chi connectivity index (χ3v) is 4.25. The number of hydrogen-bond acceptors (Lipinski definition) is 2. The van der Waals surface area contributed by atoms with Crippen LogP contribution in [0.25, 0.3) is 0 Å². The number of aryl methyl sites for hydroxylation is 1. The minimum absolute atomic E-state index is 0.0283. The second kappa shape index (κ2) is 5.36. The Labute approximate surface area is 105 Å². The molecule has 0 radical (unpaired) electrons. The zero-order valence-corrected chi connectivity index (χ0v) is 10.5. The van der Waals surface area contributed by atoms with Crippen LogP contribution in [0.1, 0.15) is 24.8 Å². The Bertz CT molecular complexity index is 377. The minimum atomic E-state index is -2.25. The van der Waals surface area contributed by atoms with Gasteiger partial charge in [0.15, 0.2) is 0 Å². The number of benzene rings is 1. The van der Waals surface area contributed by atoms with Crippen LogP contribution in [0, 0.1) is 0 Å². The summed E-state index contributed by atoms with van der Waals surface area (Å²) in [4.78, 5) is 0.969. The van der Waals surface area contributed by atoms with E-state index in [0.717, 1.165) is 36.1 Å². The number of rotatable bonds is 6. The molecule has 1 saturated carbocycles. The van der Waals surface area contributed by atoms with Gasteiger partial charge in [0.2, 0.25) is 6.43 Å². The van der Waals surface area contributed by atoms with Crippen molar-refractivity contribution in [3.8, 4) is 0 Å². The van der Waals surface area contributed by atoms with Gasteiger partial charge in [-0.05, 0) is 37.3 Å². The summed E-state index contributed by atoms with van der Waals surface area (Å²) in [6, 6.07) is 7.78. The molecule has 0 atom stereocenters. The highest BCUT2D eigenvalue weighted by Gasteiger charge is 2.37. The monoisotopic (exact) mass is 257 g/mol. The number of thioether (sulfide) groups is 1. The Morgan fingerprint density at radius 2 is 2.00 bits per heavy atom. The highest BCUT2D eigenvalue weighted by molar-refractivity contribution is 7.99. The van der Waals surface area contributed by atoms with Crippen molar-refractivity contribution in [1.29, 1.82) is 0 Å². The lowest BCUT2D eigenvalue weighted by atomic mass is 10.0. The molecule has 0 heterocycles. The summed E-state index contributed by atoms with van der Waals surface area (Å²) in [5.41, 5.74) is 7.22.